The van der Waals surface area contributed by atoms with Gasteiger partial charge in [0.15, 0.2) is 5.13 Å². The Balaban J connectivity index is 1.32. The fourth-order valence-electron chi connectivity index (χ4n) is 6.38. The van der Waals surface area contributed by atoms with Crippen LogP contribution in [0.2, 0.25) is 0 Å². The van der Waals surface area contributed by atoms with Crippen molar-refractivity contribution in [3.63, 3.8) is 0 Å². The van der Waals surface area contributed by atoms with Crippen molar-refractivity contribution in [3.05, 3.63) is 42.1 Å². The SMILES string of the molecule is CC(C)(Sc1cnc(NC(=O)CCC(CC2CCCCCC2)C2CCC(c3ccccc3)CC2)s1)C(=O)O. The number of thioether (sulfide) groups is 1. The topological polar surface area (TPSA) is 79.3 Å². The van der Waals surface area contributed by atoms with Crippen LogP contribution in [0.15, 0.2) is 40.7 Å². The van der Waals surface area contributed by atoms with Gasteiger partial charge in [-0.25, -0.2) is 4.98 Å². The fourth-order valence-corrected chi connectivity index (χ4v) is 8.67. The van der Waals surface area contributed by atoms with E-state index in [1.807, 2.05) is 0 Å². The Kier molecular flexibility index (Phi) is 10.7. The largest absolute Gasteiger partial charge is 0.480 e. The highest BCUT2D eigenvalue weighted by atomic mass is 32.2. The average Bonchev–Trinajstić information content (AvgIpc) is 3.17. The molecule has 1 atom stereocenters. The van der Waals surface area contributed by atoms with Gasteiger partial charge in [-0.3, -0.25) is 9.59 Å². The first-order valence-electron chi connectivity index (χ1n) is 14.5. The minimum Gasteiger partial charge on any atom is -0.480 e. The van der Waals surface area contributed by atoms with Gasteiger partial charge in [0, 0.05) is 6.42 Å². The summed E-state index contributed by atoms with van der Waals surface area (Å²) in [5.74, 6) is 1.98. The molecule has 2 aliphatic rings. The van der Waals surface area contributed by atoms with Crippen molar-refractivity contribution in [3.8, 4) is 0 Å². The summed E-state index contributed by atoms with van der Waals surface area (Å²) in [7, 11) is 0. The van der Waals surface area contributed by atoms with Crippen LogP contribution in [0.4, 0.5) is 5.13 Å². The maximum atomic E-state index is 12.9. The third kappa shape index (κ3) is 8.57. The third-order valence-electron chi connectivity index (χ3n) is 8.66. The number of anilines is 1. The lowest BCUT2D eigenvalue weighted by Gasteiger charge is -2.36. The Morgan fingerprint density at radius 3 is 2.39 bits per heavy atom. The highest BCUT2D eigenvalue weighted by molar-refractivity contribution is 8.03. The molecular formula is C31H44N2O3S2. The Morgan fingerprint density at radius 2 is 1.74 bits per heavy atom. The standard InChI is InChI=1S/C31H44N2O3S2/c1-31(2,29(35)36)38-28-21-32-30(37-28)33-27(34)19-18-26(20-22-10-6-3-4-7-11-22)25-16-14-24(15-17-25)23-12-8-5-9-13-23/h5,8-9,12-13,21-22,24-26H,3-4,6-7,10-11,14-20H2,1-2H3,(H,35,36)(H,32,33,34). The van der Waals surface area contributed by atoms with Gasteiger partial charge in [0.2, 0.25) is 5.91 Å². The molecule has 208 valence electrons. The summed E-state index contributed by atoms with van der Waals surface area (Å²) in [6, 6.07) is 11.0. The monoisotopic (exact) mass is 556 g/mol. The van der Waals surface area contributed by atoms with Gasteiger partial charge in [-0.05, 0) is 81.6 Å². The second-order valence-electron chi connectivity index (χ2n) is 11.9. The van der Waals surface area contributed by atoms with E-state index < -0.39 is 10.7 Å². The number of rotatable bonds is 11. The van der Waals surface area contributed by atoms with E-state index >= 15 is 0 Å². The van der Waals surface area contributed by atoms with Gasteiger partial charge in [0.1, 0.15) is 4.75 Å². The van der Waals surface area contributed by atoms with Crippen LogP contribution in [0.3, 0.4) is 0 Å². The van der Waals surface area contributed by atoms with Gasteiger partial charge < -0.3 is 10.4 Å². The van der Waals surface area contributed by atoms with Crippen LogP contribution in [0.5, 0.6) is 0 Å². The van der Waals surface area contributed by atoms with Crippen LogP contribution >= 0.6 is 23.1 Å². The Morgan fingerprint density at radius 1 is 1.05 bits per heavy atom. The molecule has 2 aromatic rings. The highest BCUT2D eigenvalue weighted by Gasteiger charge is 2.31. The molecule has 7 heteroatoms. The summed E-state index contributed by atoms with van der Waals surface area (Å²) >= 11 is 2.62. The van der Waals surface area contributed by atoms with Crippen molar-refractivity contribution in [2.75, 3.05) is 5.32 Å². The molecule has 2 N–H and O–H groups in total. The van der Waals surface area contributed by atoms with Gasteiger partial charge in [0.25, 0.3) is 0 Å². The van der Waals surface area contributed by atoms with Crippen LogP contribution in [0, 0.1) is 17.8 Å². The maximum Gasteiger partial charge on any atom is 0.319 e. The number of thiazole rings is 1. The quantitative estimate of drug-likeness (QED) is 0.214. The van der Waals surface area contributed by atoms with E-state index in [-0.39, 0.29) is 5.91 Å². The number of aliphatic carboxylic acids is 1. The lowest BCUT2D eigenvalue weighted by Crippen LogP contribution is -2.26. The van der Waals surface area contributed by atoms with Gasteiger partial charge in [0.05, 0.1) is 10.4 Å². The summed E-state index contributed by atoms with van der Waals surface area (Å²) in [5, 5.41) is 12.9. The number of benzene rings is 1. The first-order chi connectivity index (χ1) is 18.3. The number of carboxylic acids is 1. The van der Waals surface area contributed by atoms with E-state index in [2.05, 4.69) is 40.6 Å². The zero-order valence-electron chi connectivity index (χ0n) is 23.0. The number of nitrogens with zero attached hydrogens (tertiary/aromatic N) is 1. The van der Waals surface area contributed by atoms with Crippen molar-refractivity contribution in [1.82, 2.24) is 4.98 Å². The van der Waals surface area contributed by atoms with Gasteiger partial charge in [-0.2, -0.15) is 0 Å². The number of aromatic nitrogens is 1. The Hall–Kier alpha value is -1.86. The second-order valence-corrected chi connectivity index (χ2v) is 14.8. The molecule has 1 heterocycles. The number of amides is 1. The maximum absolute atomic E-state index is 12.9. The first kappa shape index (κ1) is 29.1. The molecule has 5 nitrogen and oxygen atoms in total. The van der Waals surface area contributed by atoms with E-state index in [1.165, 1.54) is 99.3 Å². The van der Waals surface area contributed by atoms with E-state index in [0.717, 1.165) is 16.5 Å². The lowest BCUT2D eigenvalue weighted by molar-refractivity contribution is -0.138. The summed E-state index contributed by atoms with van der Waals surface area (Å²) in [6.07, 6.45) is 17.7. The average molecular weight is 557 g/mol. The van der Waals surface area contributed by atoms with Crippen LogP contribution in [0.1, 0.15) is 109 Å². The number of carbonyl (C=O) groups excluding carboxylic acids is 1. The predicted molar refractivity (Wildman–Crippen MR) is 158 cm³/mol. The normalized spacial score (nSPS) is 21.9. The Bertz CT molecular complexity index is 1020. The molecule has 1 aromatic carbocycles. The summed E-state index contributed by atoms with van der Waals surface area (Å²) < 4.78 is -0.132. The minimum atomic E-state index is -0.932. The number of hydrogen-bond donors (Lipinski definition) is 2. The summed E-state index contributed by atoms with van der Waals surface area (Å²) in [4.78, 5) is 28.7. The fraction of sp³-hybridized carbons (Fsp3) is 0.645. The molecule has 0 aliphatic heterocycles. The molecule has 2 aliphatic carbocycles. The van der Waals surface area contributed by atoms with Crippen molar-refractivity contribution in [2.45, 2.75) is 112 Å². The van der Waals surface area contributed by atoms with Crippen molar-refractivity contribution in [2.24, 2.45) is 17.8 Å². The number of carboxylic acid groups (broad SMARTS) is 1. The van der Waals surface area contributed by atoms with E-state index in [4.69, 9.17) is 0 Å². The van der Waals surface area contributed by atoms with Crippen LogP contribution in [-0.4, -0.2) is 26.7 Å². The molecule has 0 spiro atoms. The van der Waals surface area contributed by atoms with Crippen molar-refractivity contribution < 1.29 is 14.7 Å². The predicted octanol–water partition coefficient (Wildman–Crippen LogP) is 8.77. The first-order valence-corrected chi connectivity index (χ1v) is 16.2. The lowest BCUT2D eigenvalue weighted by atomic mass is 9.70. The summed E-state index contributed by atoms with van der Waals surface area (Å²) in [6.45, 7) is 3.36. The molecule has 0 saturated heterocycles. The van der Waals surface area contributed by atoms with Crippen LogP contribution < -0.4 is 5.32 Å². The highest BCUT2D eigenvalue weighted by Crippen LogP contribution is 2.43. The molecular weight excluding hydrogens is 512 g/mol. The van der Waals surface area contributed by atoms with E-state index in [9.17, 15) is 14.7 Å². The minimum absolute atomic E-state index is 0.0252. The Labute approximate surface area is 236 Å². The van der Waals surface area contributed by atoms with Crippen molar-refractivity contribution in [1.29, 1.82) is 0 Å². The smallest absolute Gasteiger partial charge is 0.319 e. The molecule has 38 heavy (non-hydrogen) atoms. The third-order valence-corrected chi connectivity index (χ3v) is 10.9. The van der Waals surface area contributed by atoms with Gasteiger partial charge >= 0.3 is 5.97 Å². The van der Waals surface area contributed by atoms with Crippen molar-refractivity contribution >= 4 is 40.1 Å². The van der Waals surface area contributed by atoms with Gasteiger partial charge in [-0.15, -0.1) is 0 Å². The molecule has 0 bridgehead atoms. The molecule has 1 amide bonds. The molecule has 1 unspecified atom stereocenters. The van der Waals surface area contributed by atoms with E-state index in [1.54, 1.807) is 20.0 Å². The zero-order chi connectivity index (χ0) is 27.0. The molecule has 0 radical (unpaired) electrons. The zero-order valence-corrected chi connectivity index (χ0v) is 24.6. The molecule has 1 aromatic heterocycles. The van der Waals surface area contributed by atoms with Gasteiger partial charge in [-0.1, -0.05) is 92.0 Å². The number of nitrogens with one attached hydrogen (secondary N) is 1. The molecule has 4 rings (SSSR count). The second kappa shape index (κ2) is 14.0. The molecule has 2 saturated carbocycles. The number of hydrogen-bond acceptors (Lipinski definition) is 5. The van der Waals surface area contributed by atoms with Crippen LogP contribution in [0.25, 0.3) is 0 Å². The number of carbonyl (C=O) groups is 2. The van der Waals surface area contributed by atoms with E-state index in [0.29, 0.717) is 29.3 Å². The van der Waals surface area contributed by atoms with Crippen LogP contribution in [-0.2, 0) is 9.59 Å². The summed E-state index contributed by atoms with van der Waals surface area (Å²) in [5.41, 5.74) is 1.48. The molecule has 2 fully saturated rings.